The molecule has 0 aromatic heterocycles. The van der Waals surface area contributed by atoms with Crippen molar-refractivity contribution in [2.75, 3.05) is 38.5 Å². The number of nitrogens with zero attached hydrogens (tertiary/aromatic N) is 3. The number of amides is 2. The van der Waals surface area contributed by atoms with Gasteiger partial charge in [0.05, 0.1) is 23.1 Å². The lowest BCUT2D eigenvalue weighted by molar-refractivity contribution is -0.115. The summed E-state index contributed by atoms with van der Waals surface area (Å²) in [5.74, 6) is -1.63. The van der Waals surface area contributed by atoms with Crippen LogP contribution in [0.4, 0.5) is 10.1 Å². The number of benzene rings is 3. The van der Waals surface area contributed by atoms with Crippen LogP contribution in [0.25, 0.3) is 0 Å². The maximum atomic E-state index is 15.3. The molecule has 0 atom stereocenters. The predicted octanol–water partition coefficient (Wildman–Crippen LogP) is 5.18. The Morgan fingerprint density at radius 3 is 2.51 bits per heavy atom. The molecule has 0 aliphatic carbocycles. The Labute approximate surface area is 235 Å². The molecule has 1 aliphatic heterocycles. The Bertz CT molecular complexity index is 1450. The molecule has 202 valence electrons. The van der Waals surface area contributed by atoms with E-state index in [2.05, 4.69) is 15.6 Å². The molecule has 8 nitrogen and oxygen atoms in total. The summed E-state index contributed by atoms with van der Waals surface area (Å²) >= 11 is 12.2. The zero-order chi connectivity index (χ0) is 28.1. The van der Waals surface area contributed by atoms with Crippen LogP contribution in [0.3, 0.4) is 0 Å². The SMILES string of the molecule is Cc1cc(C(=O)NN2CCN(C)CC2)ccc1NC(=O)Cc1ccc(Cl)c(Oc2cc(Cl)cc(C#N)c2)c1F. The fourth-order valence-corrected chi connectivity index (χ4v) is 4.46. The molecular weight excluding hydrogens is 544 g/mol. The van der Waals surface area contributed by atoms with Gasteiger partial charge in [-0.3, -0.25) is 15.0 Å². The number of rotatable bonds is 7. The van der Waals surface area contributed by atoms with E-state index in [1.54, 1.807) is 25.1 Å². The second-order valence-corrected chi connectivity index (χ2v) is 10.1. The quantitative estimate of drug-likeness (QED) is 0.407. The number of nitrogens with one attached hydrogen (secondary N) is 2. The van der Waals surface area contributed by atoms with Crippen molar-refractivity contribution in [1.29, 1.82) is 5.26 Å². The van der Waals surface area contributed by atoms with E-state index in [9.17, 15) is 9.59 Å². The van der Waals surface area contributed by atoms with E-state index in [-0.39, 0.29) is 45.0 Å². The number of likely N-dealkylation sites (N-methyl/N-ethyl adjacent to an activating group) is 1. The second kappa shape index (κ2) is 12.5. The summed E-state index contributed by atoms with van der Waals surface area (Å²) in [5, 5.41) is 14.0. The summed E-state index contributed by atoms with van der Waals surface area (Å²) in [6.07, 6.45) is -0.288. The number of anilines is 1. The molecule has 2 N–H and O–H groups in total. The van der Waals surface area contributed by atoms with Crippen LogP contribution >= 0.6 is 23.2 Å². The van der Waals surface area contributed by atoms with Gasteiger partial charge in [0.2, 0.25) is 5.91 Å². The van der Waals surface area contributed by atoms with Gasteiger partial charge in [0.15, 0.2) is 11.6 Å². The number of hydrazine groups is 1. The standard InChI is InChI=1S/C28H26Cl2FN5O3/c1-17-11-20(28(38)34-36-9-7-35(2)8-10-36)4-6-24(17)33-25(37)14-19-3-5-23(30)27(26(19)31)39-22-13-18(16-32)12-21(29)15-22/h3-6,11-13,15H,7-10,14H2,1-2H3,(H,33,37)(H,34,38). The molecule has 0 saturated carbocycles. The number of piperazine rings is 1. The number of halogens is 3. The average molecular weight is 570 g/mol. The fraction of sp³-hybridized carbons (Fsp3) is 0.250. The molecule has 0 unspecified atom stereocenters. The van der Waals surface area contributed by atoms with E-state index < -0.39 is 11.7 Å². The zero-order valence-electron chi connectivity index (χ0n) is 21.4. The summed E-state index contributed by atoms with van der Waals surface area (Å²) in [7, 11) is 2.04. The van der Waals surface area contributed by atoms with E-state index in [0.717, 1.165) is 26.2 Å². The van der Waals surface area contributed by atoms with Crippen LogP contribution in [0, 0.1) is 24.1 Å². The third-order valence-corrected chi connectivity index (χ3v) is 6.74. The van der Waals surface area contributed by atoms with Gasteiger partial charge in [0, 0.05) is 48.0 Å². The molecule has 2 amide bonds. The lowest BCUT2D eigenvalue weighted by Gasteiger charge is -2.32. The Morgan fingerprint density at radius 2 is 1.82 bits per heavy atom. The summed E-state index contributed by atoms with van der Waals surface area (Å²) in [5.41, 5.74) is 4.87. The van der Waals surface area contributed by atoms with Gasteiger partial charge in [-0.2, -0.15) is 5.26 Å². The van der Waals surface area contributed by atoms with Crippen molar-refractivity contribution in [2.24, 2.45) is 0 Å². The van der Waals surface area contributed by atoms with Crippen molar-refractivity contribution in [3.05, 3.63) is 86.6 Å². The van der Waals surface area contributed by atoms with Crippen LogP contribution in [0.1, 0.15) is 27.0 Å². The minimum Gasteiger partial charge on any atom is -0.453 e. The van der Waals surface area contributed by atoms with Crippen LogP contribution in [0.15, 0.2) is 48.5 Å². The van der Waals surface area contributed by atoms with Gasteiger partial charge in [0.1, 0.15) is 5.75 Å². The number of hydrogen-bond donors (Lipinski definition) is 2. The highest BCUT2D eigenvalue weighted by Gasteiger charge is 2.20. The van der Waals surface area contributed by atoms with Gasteiger partial charge in [-0.1, -0.05) is 29.3 Å². The molecule has 39 heavy (non-hydrogen) atoms. The van der Waals surface area contributed by atoms with Crippen LogP contribution < -0.4 is 15.5 Å². The van der Waals surface area contributed by atoms with E-state index >= 15 is 4.39 Å². The fourth-order valence-electron chi connectivity index (χ4n) is 4.05. The van der Waals surface area contributed by atoms with Crippen molar-refractivity contribution in [2.45, 2.75) is 13.3 Å². The normalized spacial score (nSPS) is 13.9. The predicted molar refractivity (Wildman–Crippen MR) is 148 cm³/mol. The van der Waals surface area contributed by atoms with Crippen LogP contribution in [0.5, 0.6) is 11.5 Å². The monoisotopic (exact) mass is 569 g/mol. The first-order valence-electron chi connectivity index (χ1n) is 12.1. The van der Waals surface area contributed by atoms with Crippen molar-refractivity contribution >= 4 is 40.7 Å². The summed E-state index contributed by atoms with van der Waals surface area (Å²) in [6, 6.07) is 14.0. The molecule has 4 rings (SSSR count). The van der Waals surface area contributed by atoms with Crippen LogP contribution in [-0.4, -0.2) is 54.9 Å². The molecule has 11 heteroatoms. The van der Waals surface area contributed by atoms with E-state index in [1.807, 2.05) is 18.1 Å². The lowest BCUT2D eigenvalue weighted by atomic mass is 10.1. The Hall–Kier alpha value is -3.68. The topological polar surface area (TPSA) is 97.7 Å². The maximum Gasteiger partial charge on any atom is 0.265 e. The molecule has 1 fully saturated rings. The minimum atomic E-state index is -0.802. The summed E-state index contributed by atoms with van der Waals surface area (Å²) in [6.45, 7) is 4.99. The van der Waals surface area contributed by atoms with E-state index in [1.165, 1.54) is 30.3 Å². The molecular formula is C28H26Cl2FN5O3. The lowest BCUT2D eigenvalue weighted by Crippen LogP contribution is -2.52. The van der Waals surface area contributed by atoms with Crippen molar-refractivity contribution in [3.63, 3.8) is 0 Å². The Balaban J connectivity index is 1.42. The number of carbonyl (C=O) groups excluding carboxylic acids is 2. The molecule has 1 heterocycles. The first-order chi connectivity index (χ1) is 18.6. The highest BCUT2D eigenvalue weighted by Crippen LogP contribution is 2.35. The number of hydrogen-bond acceptors (Lipinski definition) is 6. The minimum absolute atomic E-state index is 0.00331. The average Bonchev–Trinajstić information content (AvgIpc) is 2.90. The molecule has 0 spiro atoms. The molecule has 0 radical (unpaired) electrons. The molecule has 0 bridgehead atoms. The van der Waals surface area contributed by atoms with Crippen molar-refractivity contribution in [1.82, 2.24) is 15.3 Å². The third kappa shape index (κ3) is 7.25. The summed E-state index contributed by atoms with van der Waals surface area (Å²) < 4.78 is 20.9. The van der Waals surface area contributed by atoms with E-state index in [0.29, 0.717) is 16.8 Å². The Morgan fingerprint density at radius 1 is 1.08 bits per heavy atom. The maximum absolute atomic E-state index is 15.3. The molecule has 3 aromatic carbocycles. The van der Waals surface area contributed by atoms with Crippen LogP contribution in [-0.2, 0) is 11.2 Å². The number of carbonyl (C=O) groups is 2. The first-order valence-corrected chi connectivity index (χ1v) is 12.9. The molecule has 3 aromatic rings. The Kier molecular flexibility index (Phi) is 9.04. The highest BCUT2D eigenvalue weighted by molar-refractivity contribution is 6.32. The molecule has 1 aliphatic rings. The van der Waals surface area contributed by atoms with Gasteiger partial charge >= 0.3 is 0 Å². The van der Waals surface area contributed by atoms with Crippen LogP contribution in [0.2, 0.25) is 10.0 Å². The third-order valence-electron chi connectivity index (χ3n) is 6.23. The van der Waals surface area contributed by atoms with Gasteiger partial charge in [-0.15, -0.1) is 0 Å². The second-order valence-electron chi connectivity index (χ2n) is 9.22. The van der Waals surface area contributed by atoms with Gasteiger partial charge in [-0.05, 0) is 62.0 Å². The number of ether oxygens (including phenoxy) is 1. The number of aryl methyl sites for hydroxylation is 1. The first kappa shape index (κ1) is 28.3. The van der Waals surface area contributed by atoms with Gasteiger partial charge < -0.3 is 15.0 Å². The molecule has 1 saturated heterocycles. The van der Waals surface area contributed by atoms with Crippen molar-refractivity contribution < 1.29 is 18.7 Å². The largest absolute Gasteiger partial charge is 0.453 e. The number of nitriles is 1. The van der Waals surface area contributed by atoms with E-state index in [4.69, 9.17) is 33.2 Å². The van der Waals surface area contributed by atoms with Crippen molar-refractivity contribution in [3.8, 4) is 17.6 Å². The van der Waals surface area contributed by atoms with Gasteiger partial charge in [-0.25, -0.2) is 9.40 Å². The summed E-state index contributed by atoms with van der Waals surface area (Å²) in [4.78, 5) is 27.6. The zero-order valence-corrected chi connectivity index (χ0v) is 22.9. The smallest absolute Gasteiger partial charge is 0.265 e. The van der Waals surface area contributed by atoms with Gasteiger partial charge in [0.25, 0.3) is 5.91 Å². The highest BCUT2D eigenvalue weighted by atomic mass is 35.5.